The van der Waals surface area contributed by atoms with Gasteiger partial charge < -0.3 is 9.80 Å². The van der Waals surface area contributed by atoms with E-state index in [1.807, 2.05) is 40.1 Å². The van der Waals surface area contributed by atoms with Gasteiger partial charge in [0.1, 0.15) is 4.88 Å². The fourth-order valence-corrected chi connectivity index (χ4v) is 3.29. The third-order valence-corrected chi connectivity index (χ3v) is 4.73. The standard InChI is InChI=1S/C15H16N4O3S/c20-13(17-22)12-10-16-15(23-12)19-8-6-18(7-9-19)14(21)11-4-2-1-3-5-11/h1-5,10,22H,6-9H2,(H,17,20). The van der Waals surface area contributed by atoms with Crippen molar-refractivity contribution in [1.29, 1.82) is 0 Å². The molecule has 0 bridgehead atoms. The second-order valence-electron chi connectivity index (χ2n) is 5.09. The number of carbonyl (C=O) groups is 2. The molecule has 0 unspecified atom stereocenters. The molecular weight excluding hydrogens is 316 g/mol. The third-order valence-electron chi connectivity index (χ3n) is 3.68. The number of benzene rings is 1. The van der Waals surface area contributed by atoms with Crippen LogP contribution >= 0.6 is 11.3 Å². The topological polar surface area (TPSA) is 85.8 Å². The van der Waals surface area contributed by atoms with Crippen LogP contribution in [0.2, 0.25) is 0 Å². The summed E-state index contributed by atoms with van der Waals surface area (Å²) >= 11 is 1.22. The van der Waals surface area contributed by atoms with E-state index in [2.05, 4.69) is 4.98 Å². The van der Waals surface area contributed by atoms with Crippen LogP contribution in [0.3, 0.4) is 0 Å². The highest BCUT2D eigenvalue weighted by molar-refractivity contribution is 7.17. The zero-order valence-corrected chi connectivity index (χ0v) is 13.1. The van der Waals surface area contributed by atoms with Crippen molar-refractivity contribution in [2.45, 2.75) is 0 Å². The molecule has 2 N–H and O–H groups in total. The zero-order valence-electron chi connectivity index (χ0n) is 12.3. The zero-order chi connectivity index (χ0) is 16.2. The minimum atomic E-state index is -0.563. The van der Waals surface area contributed by atoms with Gasteiger partial charge in [-0.1, -0.05) is 29.5 Å². The Kier molecular flexibility index (Phi) is 4.54. The maximum absolute atomic E-state index is 12.4. The number of amides is 2. The molecule has 120 valence electrons. The first-order valence-corrected chi connectivity index (χ1v) is 8.00. The van der Waals surface area contributed by atoms with Gasteiger partial charge in [0.25, 0.3) is 11.8 Å². The number of carbonyl (C=O) groups excluding carboxylic acids is 2. The molecule has 0 atom stereocenters. The molecule has 0 aliphatic carbocycles. The van der Waals surface area contributed by atoms with E-state index in [9.17, 15) is 9.59 Å². The Morgan fingerprint density at radius 1 is 1.13 bits per heavy atom. The SMILES string of the molecule is O=C(NO)c1cnc(N2CCN(C(=O)c3ccccc3)CC2)s1. The fourth-order valence-electron chi connectivity index (χ4n) is 2.44. The van der Waals surface area contributed by atoms with Crippen molar-refractivity contribution in [2.24, 2.45) is 0 Å². The maximum atomic E-state index is 12.4. The van der Waals surface area contributed by atoms with Gasteiger partial charge in [-0.15, -0.1) is 0 Å². The quantitative estimate of drug-likeness (QED) is 0.652. The van der Waals surface area contributed by atoms with Gasteiger partial charge in [-0.2, -0.15) is 0 Å². The lowest BCUT2D eigenvalue weighted by atomic mass is 10.2. The van der Waals surface area contributed by atoms with E-state index in [4.69, 9.17) is 5.21 Å². The highest BCUT2D eigenvalue weighted by Gasteiger charge is 2.24. The Hall–Kier alpha value is -2.45. The number of hydrogen-bond acceptors (Lipinski definition) is 6. The molecule has 23 heavy (non-hydrogen) atoms. The molecule has 7 nitrogen and oxygen atoms in total. The molecule has 8 heteroatoms. The third kappa shape index (κ3) is 3.33. The summed E-state index contributed by atoms with van der Waals surface area (Å²) in [4.78, 5) is 32.1. The van der Waals surface area contributed by atoms with Gasteiger partial charge in [-0.05, 0) is 12.1 Å². The van der Waals surface area contributed by atoms with Gasteiger partial charge in [0.05, 0.1) is 6.20 Å². The summed E-state index contributed by atoms with van der Waals surface area (Å²) in [6.45, 7) is 2.53. The molecular formula is C15H16N4O3S. The van der Waals surface area contributed by atoms with Gasteiger partial charge in [-0.3, -0.25) is 14.8 Å². The predicted octanol–water partition coefficient (Wildman–Crippen LogP) is 1.22. The van der Waals surface area contributed by atoms with E-state index < -0.39 is 5.91 Å². The van der Waals surface area contributed by atoms with Gasteiger partial charge in [0.2, 0.25) is 0 Å². The summed E-state index contributed by atoms with van der Waals surface area (Å²) in [6, 6.07) is 9.22. The first kappa shape index (κ1) is 15.4. The lowest BCUT2D eigenvalue weighted by Crippen LogP contribution is -2.48. The Labute approximate surface area is 137 Å². The van der Waals surface area contributed by atoms with Crippen molar-refractivity contribution in [3.05, 3.63) is 47.0 Å². The minimum Gasteiger partial charge on any atom is -0.345 e. The molecule has 1 saturated heterocycles. The Morgan fingerprint density at radius 3 is 2.48 bits per heavy atom. The summed E-state index contributed by atoms with van der Waals surface area (Å²) in [6.07, 6.45) is 1.44. The Morgan fingerprint density at radius 2 is 1.83 bits per heavy atom. The monoisotopic (exact) mass is 332 g/mol. The molecule has 1 fully saturated rings. The molecule has 1 aliphatic rings. The van der Waals surface area contributed by atoms with Crippen LogP contribution in [0.25, 0.3) is 0 Å². The first-order chi connectivity index (χ1) is 11.2. The molecule has 0 spiro atoms. The van der Waals surface area contributed by atoms with Gasteiger partial charge >= 0.3 is 0 Å². The number of hydroxylamine groups is 1. The summed E-state index contributed by atoms with van der Waals surface area (Å²) < 4.78 is 0. The van der Waals surface area contributed by atoms with Crippen LogP contribution in [0.1, 0.15) is 20.0 Å². The van der Waals surface area contributed by atoms with Gasteiger partial charge in [0.15, 0.2) is 5.13 Å². The average molecular weight is 332 g/mol. The van der Waals surface area contributed by atoms with Crippen LogP contribution in [-0.2, 0) is 0 Å². The molecule has 3 rings (SSSR count). The number of piperazine rings is 1. The molecule has 2 amide bonds. The van der Waals surface area contributed by atoms with Crippen molar-refractivity contribution in [1.82, 2.24) is 15.4 Å². The molecule has 0 saturated carbocycles. The Balaban J connectivity index is 1.61. The highest BCUT2D eigenvalue weighted by atomic mass is 32.1. The van der Waals surface area contributed by atoms with Crippen LogP contribution in [-0.4, -0.2) is 53.1 Å². The largest absolute Gasteiger partial charge is 0.345 e. The van der Waals surface area contributed by atoms with E-state index >= 15 is 0 Å². The van der Waals surface area contributed by atoms with Crippen molar-refractivity contribution in [3.63, 3.8) is 0 Å². The summed E-state index contributed by atoms with van der Waals surface area (Å²) in [5, 5.41) is 9.35. The van der Waals surface area contributed by atoms with E-state index in [1.54, 1.807) is 5.48 Å². The minimum absolute atomic E-state index is 0.0322. The van der Waals surface area contributed by atoms with Crippen molar-refractivity contribution in [3.8, 4) is 0 Å². The van der Waals surface area contributed by atoms with E-state index in [0.29, 0.717) is 36.6 Å². The van der Waals surface area contributed by atoms with Crippen LogP contribution in [0, 0.1) is 0 Å². The first-order valence-electron chi connectivity index (χ1n) is 7.18. The maximum Gasteiger partial charge on any atom is 0.286 e. The van der Waals surface area contributed by atoms with E-state index in [1.165, 1.54) is 17.5 Å². The van der Waals surface area contributed by atoms with Crippen LogP contribution in [0.15, 0.2) is 36.5 Å². The smallest absolute Gasteiger partial charge is 0.286 e. The van der Waals surface area contributed by atoms with Crippen LogP contribution < -0.4 is 10.4 Å². The van der Waals surface area contributed by atoms with Gasteiger partial charge in [0, 0.05) is 31.7 Å². The highest BCUT2D eigenvalue weighted by Crippen LogP contribution is 2.23. The predicted molar refractivity (Wildman–Crippen MR) is 85.9 cm³/mol. The van der Waals surface area contributed by atoms with E-state index in [-0.39, 0.29) is 5.91 Å². The lowest BCUT2D eigenvalue weighted by Gasteiger charge is -2.34. The van der Waals surface area contributed by atoms with Crippen LogP contribution in [0.5, 0.6) is 0 Å². The number of aromatic nitrogens is 1. The normalized spacial score (nSPS) is 14.7. The molecule has 0 radical (unpaired) electrons. The number of thiazole rings is 1. The number of nitrogens with one attached hydrogen (secondary N) is 1. The Bertz CT molecular complexity index is 696. The van der Waals surface area contributed by atoms with E-state index in [0.717, 1.165) is 5.13 Å². The second kappa shape index (κ2) is 6.76. The summed E-state index contributed by atoms with van der Waals surface area (Å²) in [5.74, 6) is -0.531. The van der Waals surface area contributed by atoms with Crippen molar-refractivity contribution >= 4 is 28.3 Å². The molecule has 1 aromatic carbocycles. The number of rotatable bonds is 3. The second-order valence-corrected chi connectivity index (χ2v) is 6.10. The van der Waals surface area contributed by atoms with Crippen molar-refractivity contribution in [2.75, 3.05) is 31.1 Å². The molecule has 2 heterocycles. The number of hydrogen-bond donors (Lipinski definition) is 2. The van der Waals surface area contributed by atoms with Gasteiger partial charge in [-0.25, -0.2) is 10.5 Å². The summed E-state index contributed by atoms with van der Waals surface area (Å²) in [7, 11) is 0. The fraction of sp³-hybridized carbons (Fsp3) is 0.267. The average Bonchev–Trinajstić information content (AvgIpc) is 3.11. The van der Waals surface area contributed by atoms with Crippen LogP contribution in [0.4, 0.5) is 5.13 Å². The lowest BCUT2D eigenvalue weighted by molar-refractivity contribution is 0.0710. The van der Waals surface area contributed by atoms with Crippen molar-refractivity contribution < 1.29 is 14.8 Å². The molecule has 2 aromatic rings. The summed E-state index contributed by atoms with van der Waals surface area (Å²) in [5.41, 5.74) is 2.29. The number of nitrogens with zero attached hydrogens (tertiary/aromatic N) is 3. The molecule has 1 aromatic heterocycles. The number of anilines is 1. The molecule has 1 aliphatic heterocycles.